The molecule has 0 aromatic heterocycles. The zero-order valence-electron chi connectivity index (χ0n) is 13.4. The standard InChI is InChI=1S/C16H15F3N4OS/c1-22-6-4-15(5-7-22)13(24)23(14(25)21-15)11-3-2-10(9-20)12(8-11)16(17,18)19/h2-3,8H,4-7H2,1H3,(H,21,25). The van der Waals surface area contributed by atoms with Gasteiger partial charge in [0.15, 0.2) is 5.11 Å². The molecule has 1 aromatic rings. The average Bonchev–Trinajstić information content (AvgIpc) is 2.79. The lowest BCUT2D eigenvalue weighted by molar-refractivity contribution is -0.137. The maximum absolute atomic E-state index is 13.2. The van der Waals surface area contributed by atoms with E-state index in [1.54, 1.807) is 0 Å². The van der Waals surface area contributed by atoms with Gasteiger partial charge in [-0.3, -0.25) is 9.69 Å². The van der Waals surface area contributed by atoms with Gasteiger partial charge in [-0.2, -0.15) is 18.4 Å². The Kier molecular flexibility index (Phi) is 4.21. The van der Waals surface area contributed by atoms with Crippen LogP contribution in [0, 0.1) is 11.3 Å². The van der Waals surface area contributed by atoms with E-state index in [1.807, 2.05) is 7.05 Å². The van der Waals surface area contributed by atoms with Crippen LogP contribution in [0.1, 0.15) is 24.0 Å². The summed E-state index contributed by atoms with van der Waals surface area (Å²) >= 11 is 5.21. The predicted octanol–water partition coefficient (Wildman–Crippen LogP) is 2.26. The molecule has 0 bridgehead atoms. The van der Waals surface area contributed by atoms with E-state index >= 15 is 0 Å². The van der Waals surface area contributed by atoms with E-state index in [-0.39, 0.29) is 16.7 Å². The molecule has 1 amide bonds. The molecule has 0 saturated carbocycles. The van der Waals surface area contributed by atoms with Gasteiger partial charge in [-0.05, 0) is 50.3 Å². The molecule has 1 spiro atoms. The second-order valence-corrected chi connectivity index (χ2v) is 6.68. The van der Waals surface area contributed by atoms with Gasteiger partial charge in [0, 0.05) is 13.1 Å². The van der Waals surface area contributed by atoms with Gasteiger partial charge in [0.25, 0.3) is 5.91 Å². The number of carbonyl (C=O) groups excluding carboxylic acids is 1. The lowest BCUT2D eigenvalue weighted by atomic mass is 9.87. The molecule has 25 heavy (non-hydrogen) atoms. The molecule has 3 rings (SSSR count). The summed E-state index contributed by atoms with van der Waals surface area (Å²) in [6.45, 7) is 1.38. The van der Waals surface area contributed by atoms with E-state index in [1.165, 1.54) is 12.1 Å². The molecule has 9 heteroatoms. The summed E-state index contributed by atoms with van der Waals surface area (Å²) in [5.74, 6) is -0.344. The number of amides is 1. The molecule has 0 unspecified atom stereocenters. The van der Waals surface area contributed by atoms with Crippen molar-refractivity contribution in [3.8, 4) is 6.07 Å². The number of nitrogens with one attached hydrogen (secondary N) is 1. The first-order valence-corrected chi connectivity index (χ1v) is 8.05. The first-order chi connectivity index (χ1) is 11.7. The van der Waals surface area contributed by atoms with Gasteiger partial charge in [0.2, 0.25) is 0 Å². The van der Waals surface area contributed by atoms with E-state index in [2.05, 4.69) is 10.2 Å². The molecular weight excluding hydrogens is 353 g/mol. The third-order valence-corrected chi connectivity index (χ3v) is 4.97. The molecule has 2 aliphatic rings. The number of alkyl halides is 3. The lowest BCUT2D eigenvalue weighted by Gasteiger charge is -2.35. The van der Waals surface area contributed by atoms with Crippen molar-refractivity contribution in [2.75, 3.05) is 25.0 Å². The van der Waals surface area contributed by atoms with Crippen LogP contribution in [-0.4, -0.2) is 41.6 Å². The molecule has 2 saturated heterocycles. The number of piperidine rings is 1. The minimum Gasteiger partial charge on any atom is -0.347 e. The number of rotatable bonds is 1. The second kappa shape index (κ2) is 5.97. The van der Waals surface area contributed by atoms with Crippen LogP contribution in [0.15, 0.2) is 18.2 Å². The van der Waals surface area contributed by atoms with Crippen molar-refractivity contribution < 1.29 is 18.0 Å². The molecule has 0 atom stereocenters. The average molecular weight is 368 g/mol. The van der Waals surface area contributed by atoms with Gasteiger partial charge >= 0.3 is 6.18 Å². The van der Waals surface area contributed by atoms with Crippen LogP contribution in [-0.2, 0) is 11.0 Å². The molecule has 2 heterocycles. The first-order valence-electron chi connectivity index (χ1n) is 7.64. The summed E-state index contributed by atoms with van der Waals surface area (Å²) in [5, 5.41) is 12.0. The zero-order valence-corrected chi connectivity index (χ0v) is 14.2. The molecule has 1 N–H and O–H groups in total. The first kappa shape index (κ1) is 17.6. The summed E-state index contributed by atoms with van der Waals surface area (Å²) in [6.07, 6.45) is -3.63. The van der Waals surface area contributed by atoms with Crippen LogP contribution in [0.5, 0.6) is 0 Å². The number of benzene rings is 1. The van der Waals surface area contributed by atoms with Crippen LogP contribution < -0.4 is 10.2 Å². The SMILES string of the molecule is CN1CCC2(CC1)NC(=S)N(c1ccc(C#N)c(C(F)(F)F)c1)C2=O. The summed E-state index contributed by atoms with van der Waals surface area (Å²) in [4.78, 5) is 16.1. The van der Waals surface area contributed by atoms with Crippen molar-refractivity contribution in [2.45, 2.75) is 24.6 Å². The molecule has 1 aromatic carbocycles. The molecule has 2 fully saturated rings. The van der Waals surface area contributed by atoms with Crippen LogP contribution >= 0.6 is 12.2 Å². The number of likely N-dealkylation sites (tertiary alicyclic amines) is 1. The van der Waals surface area contributed by atoms with Crippen molar-refractivity contribution in [2.24, 2.45) is 0 Å². The Bertz CT molecular complexity index is 779. The zero-order chi connectivity index (χ0) is 18.4. The highest BCUT2D eigenvalue weighted by atomic mass is 32.1. The summed E-state index contributed by atoms with van der Waals surface area (Å²) in [6, 6.07) is 4.71. The van der Waals surface area contributed by atoms with E-state index < -0.39 is 22.8 Å². The number of hydrogen-bond donors (Lipinski definition) is 1. The highest BCUT2D eigenvalue weighted by Crippen LogP contribution is 2.37. The topological polar surface area (TPSA) is 59.4 Å². The van der Waals surface area contributed by atoms with Crippen molar-refractivity contribution in [3.05, 3.63) is 29.3 Å². The number of hydrogen-bond acceptors (Lipinski definition) is 4. The third kappa shape index (κ3) is 2.96. The van der Waals surface area contributed by atoms with Crippen LogP contribution in [0.25, 0.3) is 0 Å². The van der Waals surface area contributed by atoms with Crippen molar-refractivity contribution in [3.63, 3.8) is 0 Å². The normalized spacial score (nSPS) is 20.7. The third-order valence-electron chi connectivity index (χ3n) is 4.69. The highest BCUT2D eigenvalue weighted by Gasteiger charge is 2.51. The molecule has 132 valence electrons. The highest BCUT2D eigenvalue weighted by molar-refractivity contribution is 7.80. The fourth-order valence-corrected chi connectivity index (χ4v) is 3.58. The number of halogens is 3. The van der Waals surface area contributed by atoms with Gasteiger partial charge in [-0.15, -0.1) is 0 Å². The van der Waals surface area contributed by atoms with Gasteiger partial charge in [0.1, 0.15) is 5.54 Å². The summed E-state index contributed by atoms with van der Waals surface area (Å²) in [7, 11) is 1.94. The fraction of sp³-hybridized carbons (Fsp3) is 0.438. The van der Waals surface area contributed by atoms with Gasteiger partial charge in [-0.1, -0.05) is 0 Å². The Morgan fingerprint density at radius 3 is 2.52 bits per heavy atom. The minimum atomic E-state index is -4.69. The van der Waals surface area contributed by atoms with Crippen LogP contribution in [0.2, 0.25) is 0 Å². The summed E-state index contributed by atoms with van der Waals surface area (Å²) < 4.78 is 39.5. The molecule has 5 nitrogen and oxygen atoms in total. The molecule has 2 aliphatic heterocycles. The smallest absolute Gasteiger partial charge is 0.347 e. The Hall–Kier alpha value is -2.18. The lowest BCUT2D eigenvalue weighted by Crippen LogP contribution is -2.54. The molecule has 0 radical (unpaired) electrons. The van der Waals surface area contributed by atoms with Crippen molar-refractivity contribution >= 4 is 28.9 Å². The van der Waals surface area contributed by atoms with E-state index in [4.69, 9.17) is 17.5 Å². The minimum absolute atomic E-state index is 0.0182. The largest absolute Gasteiger partial charge is 0.417 e. The van der Waals surface area contributed by atoms with E-state index in [0.717, 1.165) is 17.0 Å². The van der Waals surface area contributed by atoms with Gasteiger partial charge in [-0.25, -0.2) is 0 Å². The van der Waals surface area contributed by atoms with Gasteiger partial charge < -0.3 is 10.2 Å². The molecular formula is C16H15F3N4OS. The monoisotopic (exact) mass is 368 g/mol. The van der Waals surface area contributed by atoms with Crippen LogP contribution in [0.4, 0.5) is 18.9 Å². The maximum atomic E-state index is 13.2. The number of nitrogens with zero attached hydrogens (tertiary/aromatic N) is 3. The number of carbonyl (C=O) groups is 1. The maximum Gasteiger partial charge on any atom is 0.417 e. The number of nitriles is 1. The fourth-order valence-electron chi connectivity index (χ4n) is 3.20. The number of anilines is 1. The molecule has 0 aliphatic carbocycles. The Morgan fingerprint density at radius 1 is 1.32 bits per heavy atom. The Labute approximate surface area is 148 Å². The predicted molar refractivity (Wildman–Crippen MR) is 88.8 cm³/mol. The van der Waals surface area contributed by atoms with E-state index in [0.29, 0.717) is 25.9 Å². The second-order valence-electron chi connectivity index (χ2n) is 6.30. The summed E-state index contributed by atoms with van der Waals surface area (Å²) in [5.41, 5.74) is -2.41. The Morgan fingerprint density at radius 2 is 1.96 bits per heavy atom. The van der Waals surface area contributed by atoms with E-state index in [9.17, 15) is 18.0 Å². The number of thiocarbonyl (C=S) groups is 1. The van der Waals surface area contributed by atoms with Crippen molar-refractivity contribution in [1.29, 1.82) is 5.26 Å². The van der Waals surface area contributed by atoms with Gasteiger partial charge in [0.05, 0.1) is 22.9 Å². The Balaban J connectivity index is 1.99. The van der Waals surface area contributed by atoms with Crippen molar-refractivity contribution in [1.82, 2.24) is 10.2 Å². The van der Waals surface area contributed by atoms with Crippen LogP contribution in [0.3, 0.4) is 0 Å². The quantitative estimate of drug-likeness (QED) is 0.771.